The Bertz CT molecular complexity index is 1620. The molecular formula is C41H65N7O6. The summed E-state index contributed by atoms with van der Waals surface area (Å²) in [5.74, 6) is 0.640. The number of methoxy groups -OCH3 is 1. The van der Waals surface area contributed by atoms with Gasteiger partial charge in [0.05, 0.1) is 25.7 Å². The fraction of sp³-hybridized carbons (Fsp3) is 0.634. The zero-order chi connectivity index (χ0) is 40.1. The lowest BCUT2D eigenvalue weighted by molar-refractivity contribution is -0.174. The lowest BCUT2D eigenvalue weighted by Crippen LogP contribution is -2.57. The van der Waals surface area contributed by atoms with Crippen molar-refractivity contribution in [3.8, 4) is 16.9 Å². The first-order chi connectivity index (χ1) is 25.4. The van der Waals surface area contributed by atoms with E-state index in [1.165, 1.54) is 0 Å². The topological polar surface area (TPSA) is 151 Å². The molecule has 2 fully saturated rings. The molecule has 1 heterocycles. The fourth-order valence-corrected chi connectivity index (χ4v) is 8.05. The van der Waals surface area contributed by atoms with E-state index in [2.05, 4.69) is 50.6 Å². The van der Waals surface area contributed by atoms with E-state index in [0.717, 1.165) is 28.8 Å². The molecular weight excluding hydrogens is 686 g/mol. The Labute approximate surface area is 322 Å². The highest BCUT2D eigenvalue weighted by atomic mass is 16.7. The normalized spacial score (nSPS) is 25.9. The van der Waals surface area contributed by atoms with Crippen LogP contribution in [0.1, 0.15) is 63.9 Å². The number of ether oxygens (including phenoxy) is 2. The Morgan fingerprint density at radius 1 is 1.09 bits per heavy atom. The fourth-order valence-electron chi connectivity index (χ4n) is 8.05. The molecule has 54 heavy (non-hydrogen) atoms. The zero-order valence-corrected chi connectivity index (χ0v) is 34.5. The highest BCUT2D eigenvalue weighted by Gasteiger charge is 2.52. The van der Waals surface area contributed by atoms with Crippen LogP contribution in [0.3, 0.4) is 0 Å². The molecule has 2 aliphatic rings. The number of carbonyl (C=O) groups excluding carboxylic acids is 3. The molecule has 1 saturated carbocycles. The summed E-state index contributed by atoms with van der Waals surface area (Å²) in [4.78, 5) is 50.9. The van der Waals surface area contributed by atoms with Crippen LogP contribution in [-0.4, -0.2) is 114 Å². The molecule has 8 atom stereocenters. The largest absolute Gasteiger partial charge is 0.496 e. The molecule has 3 amide bonds. The number of anilines is 1. The second kappa shape index (κ2) is 18.1. The first-order valence-corrected chi connectivity index (χ1v) is 19.2. The second-order valence-corrected chi connectivity index (χ2v) is 16.3. The van der Waals surface area contributed by atoms with E-state index in [1.807, 2.05) is 74.4 Å². The summed E-state index contributed by atoms with van der Waals surface area (Å²) in [5, 5.41) is 10.6. The first-order valence-electron chi connectivity index (χ1n) is 19.2. The lowest BCUT2D eigenvalue weighted by atomic mass is 9.58. The quantitative estimate of drug-likeness (QED) is 0.220. The molecule has 1 aliphatic heterocycles. The van der Waals surface area contributed by atoms with Crippen molar-refractivity contribution < 1.29 is 28.7 Å². The predicted octanol–water partition coefficient (Wildman–Crippen LogP) is 4.35. The maximum absolute atomic E-state index is 14.7. The molecule has 300 valence electrons. The van der Waals surface area contributed by atoms with Crippen molar-refractivity contribution in [1.29, 1.82) is 0 Å². The van der Waals surface area contributed by atoms with Crippen molar-refractivity contribution in [2.75, 3.05) is 66.9 Å². The Morgan fingerprint density at radius 3 is 2.41 bits per heavy atom. The van der Waals surface area contributed by atoms with Crippen LogP contribution in [-0.2, 0) is 20.9 Å². The van der Waals surface area contributed by atoms with E-state index >= 15 is 0 Å². The van der Waals surface area contributed by atoms with E-state index in [9.17, 15) is 14.4 Å². The minimum Gasteiger partial charge on any atom is -0.496 e. The molecule has 0 bridgehead atoms. The number of alkyl carbamates (subject to hydrolysis) is 1. The van der Waals surface area contributed by atoms with Gasteiger partial charge in [0.1, 0.15) is 17.9 Å². The van der Waals surface area contributed by atoms with Crippen LogP contribution in [0.25, 0.3) is 11.1 Å². The van der Waals surface area contributed by atoms with Crippen molar-refractivity contribution in [2.45, 2.75) is 78.8 Å². The van der Waals surface area contributed by atoms with Crippen LogP contribution in [0.5, 0.6) is 5.75 Å². The molecule has 1 aliphatic carbocycles. The van der Waals surface area contributed by atoms with E-state index in [4.69, 9.17) is 20.0 Å². The number of likely N-dealkylation sites (N-methyl/N-ethyl adjacent to an activating group) is 1. The third kappa shape index (κ3) is 9.47. The van der Waals surface area contributed by atoms with E-state index in [1.54, 1.807) is 26.1 Å². The predicted molar refractivity (Wildman–Crippen MR) is 213 cm³/mol. The van der Waals surface area contributed by atoms with Crippen LogP contribution in [0.4, 0.5) is 10.5 Å². The standard InChI is InChI=1S/C41H65N7O6/c1-24-18-33(25(2)26(3)41(24,5)6)45-39(50)36-35(27(4)53-40(51)44-16-17-46(8)9)34(22-42)54-48(36)23-28-14-13-15-32(37(28)52-12)29-19-30(38(49)43-7)21-31(20-29)47(10)11/h13-15,19-21,24-27,33-36H,16-18,22-23,42H2,1-12H3,(H,43,49)(H,44,51)(H,45,50)/t24-,25+,26+,27+,33+,34+,35-,36+/m1/s1. The van der Waals surface area contributed by atoms with E-state index in [0.29, 0.717) is 36.2 Å². The Kier molecular flexibility index (Phi) is 14.4. The number of nitrogens with zero attached hydrogens (tertiary/aromatic N) is 3. The number of hydroxylamine groups is 2. The lowest BCUT2D eigenvalue weighted by Gasteiger charge is -2.50. The molecule has 4 rings (SSSR count). The van der Waals surface area contributed by atoms with Gasteiger partial charge in [0.25, 0.3) is 5.91 Å². The average molecular weight is 752 g/mol. The van der Waals surface area contributed by atoms with Crippen molar-refractivity contribution in [1.82, 2.24) is 25.9 Å². The molecule has 0 spiro atoms. The Hall–Kier alpha value is -3.91. The Morgan fingerprint density at radius 2 is 1.80 bits per heavy atom. The number of amides is 3. The van der Waals surface area contributed by atoms with Crippen LogP contribution >= 0.6 is 0 Å². The summed E-state index contributed by atoms with van der Waals surface area (Å²) < 4.78 is 12.0. The van der Waals surface area contributed by atoms with Crippen molar-refractivity contribution >= 4 is 23.6 Å². The average Bonchev–Trinajstić information content (AvgIpc) is 3.50. The number of nitrogens with two attached hydrogens (primary N) is 1. The minimum atomic E-state index is -0.832. The van der Waals surface area contributed by atoms with Gasteiger partial charge in [0.15, 0.2) is 0 Å². The van der Waals surface area contributed by atoms with Gasteiger partial charge in [-0.1, -0.05) is 52.8 Å². The summed E-state index contributed by atoms with van der Waals surface area (Å²) in [6.07, 6.45) is -1.02. The highest BCUT2D eigenvalue weighted by Crippen LogP contribution is 2.48. The minimum absolute atomic E-state index is 0.0446. The first kappa shape index (κ1) is 42.8. The molecule has 0 aromatic heterocycles. The maximum Gasteiger partial charge on any atom is 0.407 e. The molecule has 0 radical (unpaired) electrons. The van der Waals surface area contributed by atoms with Gasteiger partial charge in [-0.25, -0.2) is 4.79 Å². The summed E-state index contributed by atoms with van der Waals surface area (Å²) >= 11 is 0. The molecule has 5 N–H and O–H groups in total. The van der Waals surface area contributed by atoms with E-state index in [-0.39, 0.29) is 42.3 Å². The van der Waals surface area contributed by atoms with Gasteiger partial charge < -0.3 is 41.0 Å². The van der Waals surface area contributed by atoms with Crippen molar-refractivity contribution in [3.05, 3.63) is 47.5 Å². The zero-order valence-electron chi connectivity index (χ0n) is 34.5. The van der Waals surface area contributed by atoms with Gasteiger partial charge in [0.2, 0.25) is 5.91 Å². The van der Waals surface area contributed by atoms with E-state index < -0.39 is 30.3 Å². The summed E-state index contributed by atoms with van der Waals surface area (Å²) in [5.41, 5.74) is 10.2. The SMILES string of the molecule is CNC(=O)c1cc(-c2cccc(CN3O[C@@H](CN)[C@@H]([C@H](C)OC(=O)NCCN(C)C)[C@H]3C(=O)N[C@H]3C[C@@H](C)C(C)(C)[C@@H](C)[C@@H]3C)c2OC)cc(N(C)C)c1. The van der Waals surface area contributed by atoms with Gasteiger partial charge in [-0.05, 0) is 74.4 Å². The number of benzene rings is 2. The number of para-hydroxylation sites is 1. The monoisotopic (exact) mass is 751 g/mol. The van der Waals surface area contributed by atoms with Crippen molar-refractivity contribution in [2.24, 2.45) is 34.8 Å². The molecule has 2 aromatic carbocycles. The smallest absolute Gasteiger partial charge is 0.407 e. The Balaban J connectivity index is 1.73. The third-order valence-corrected chi connectivity index (χ3v) is 12.2. The second-order valence-electron chi connectivity index (χ2n) is 16.3. The van der Waals surface area contributed by atoms with Gasteiger partial charge in [-0.2, -0.15) is 5.06 Å². The number of carbonyl (C=O) groups is 3. The van der Waals surface area contributed by atoms with Crippen molar-refractivity contribution in [3.63, 3.8) is 0 Å². The number of nitrogens with one attached hydrogen (secondary N) is 3. The molecule has 13 nitrogen and oxygen atoms in total. The van der Waals surface area contributed by atoms with Crippen LogP contribution in [0.2, 0.25) is 0 Å². The van der Waals surface area contributed by atoms with Crippen LogP contribution in [0, 0.1) is 29.1 Å². The summed E-state index contributed by atoms with van der Waals surface area (Å²) in [6.45, 7) is 14.5. The molecule has 2 aromatic rings. The van der Waals surface area contributed by atoms with Crippen LogP contribution in [0.15, 0.2) is 36.4 Å². The summed E-state index contributed by atoms with van der Waals surface area (Å²) in [7, 11) is 10.9. The number of hydrogen-bond acceptors (Lipinski definition) is 10. The maximum atomic E-state index is 14.7. The van der Waals surface area contributed by atoms with Gasteiger partial charge in [-0.15, -0.1) is 0 Å². The number of rotatable bonds is 14. The van der Waals surface area contributed by atoms with Crippen LogP contribution < -0.4 is 31.3 Å². The molecule has 1 saturated heterocycles. The highest BCUT2D eigenvalue weighted by molar-refractivity contribution is 5.97. The third-order valence-electron chi connectivity index (χ3n) is 12.2. The summed E-state index contributed by atoms with van der Waals surface area (Å²) in [6, 6.07) is 10.6. The van der Waals surface area contributed by atoms with Gasteiger partial charge >= 0.3 is 6.09 Å². The van der Waals surface area contributed by atoms with Gasteiger partial charge in [-0.3, -0.25) is 14.4 Å². The van der Waals surface area contributed by atoms with Gasteiger partial charge in [0, 0.05) is 69.2 Å². The molecule has 0 unspecified atom stereocenters. The molecule has 13 heteroatoms. The number of hydrogen-bond donors (Lipinski definition) is 4.